The number of nitro groups is 1. The summed E-state index contributed by atoms with van der Waals surface area (Å²) >= 11 is 0. The Bertz CT molecular complexity index is 417. The minimum absolute atomic E-state index is 0.0182. The molecule has 0 N–H and O–H groups in total. The molecule has 0 aliphatic heterocycles. The Morgan fingerprint density at radius 2 is 1.87 bits per heavy atom. The van der Waals surface area contributed by atoms with Crippen molar-refractivity contribution >= 4 is 11.8 Å². The molecule has 1 aromatic carbocycles. The maximum absolute atomic E-state index is 10.4. The SMILES string of the molecule is CC(C)(N=C=O)c1ccc([N+](=O)[O-])cc1. The molecule has 0 unspecified atom stereocenters. The van der Waals surface area contributed by atoms with Gasteiger partial charge in [0, 0.05) is 12.1 Å². The molecule has 78 valence electrons. The Morgan fingerprint density at radius 3 is 2.27 bits per heavy atom. The first-order valence-corrected chi connectivity index (χ1v) is 4.31. The van der Waals surface area contributed by atoms with Crippen LogP contribution in [0.3, 0.4) is 0 Å². The van der Waals surface area contributed by atoms with Crippen LogP contribution >= 0.6 is 0 Å². The van der Waals surface area contributed by atoms with Gasteiger partial charge in [-0.05, 0) is 31.5 Å². The molecule has 0 saturated carbocycles. The van der Waals surface area contributed by atoms with Crippen molar-refractivity contribution in [2.75, 3.05) is 0 Å². The summed E-state index contributed by atoms with van der Waals surface area (Å²) in [5.74, 6) is 0. The van der Waals surface area contributed by atoms with Crippen molar-refractivity contribution in [3.63, 3.8) is 0 Å². The zero-order chi connectivity index (χ0) is 11.5. The van der Waals surface area contributed by atoms with Crippen LogP contribution in [0.5, 0.6) is 0 Å². The first kappa shape index (κ1) is 11.1. The van der Waals surface area contributed by atoms with Gasteiger partial charge in [0.05, 0.1) is 10.5 Å². The van der Waals surface area contributed by atoms with Gasteiger partial charge < -0.3 is 0 Å². The number of rotatable bonds is 3. The van der Waals surface area contributed by atoms with Gasteiger partial charge in [-0.2, -0.15) is 4.99 Å². The second kappa shape index (κ2) is 4.02. The van der Waals surface area contributed by atoms with Gasteiger partial charge in [0.2, 0.25) is 6.08 Å². The third-order valence-electron chi connectivity index (χ3n) is 2.11. The number of non-ortho nitro benzene ring substituents is 1. The lowest BCUT2D eigenvalue weighted by molar-refractivity contribution is -0.384. The summed E-state index contributed by atoms with van der Waals surface area (Å²) in [7, 11) is 0. The van der Waals surface area contributed by atoms with Crippen LogP contribution < -0.4 is 0 Å². The Morgan fingerprint density at radius 1 is 1.33 bits per heavy atom. The molecule has 0 aliphatic carbocycles. The minimum atomic E-state index is -0.698. The summed E-state index contributed by atoms with van der Waals surface area (Å²) < 4.78 is 0. The Balaban J connectivity index is 3.08. The van der Waals surface area contributed by atoms with E-state index in [0.717, 1.165) is 5.56 Å². The summed E-state index contributed by atoms with van der Waals surface area (Å²) in [6.45, 7) is 3.47. The average molecular weight is 206 g/mol. The fourth-order valence-corrected chi connectivity index (χ4v) is 1.17. The van der Waals surface area contributed by atoms with Crippen molar-refractivity contribution < 1.29 is 9.72 Å². The molecule has 1 aromatic rings. The largest absolute Gasteiger partial charge is 0.269 e. The minimum Gasteiger partial charge on any atom is -0.258 e. The second-order valence-electron chi connectivity index (χ2n) is 3.57. The quantitative estimate of drug-likeness (QED) is 0.329. The van der Waals surface area contributed by atoms with Crippen molar-refractivity contribution in [3.05, 3.63) is 39.9 Å². The van der Waals surface area contributed by atoms with Gasteiger partial charge in [-0.1, -0.05) is 0 Å². The molecule has 0 heterocycles. The third-order valence-corrected chi connectivity index (χ3v) is 2.11. The van der Waals surface area contributed by atoms with E-state index in [-0.39, 0.29) is 5.69 Å². The van der Waals surface area contributed by atoms with E-state index >= 15 is 0 Å². The number of hydrogen-bond donors (Lipinski definition) is 0. The van der Waals surface area contributed by atoms with Crippen LogP contribution in [0.25, 0.3) is 0 Å². The van der Waals surface area contributed by atoms with Crippen LogP contribution in [0, 0.1) is 10.1 Å². The molecule has 15 heavy (non-hydrogen) atoms. The van der Waals surface area contributed by atoms with Gasteiger partial charge in [-0.25, -0.2) is 4.79 Å². The van der Waals surface area contributed by atoms with Gasteiger partial charge in [0.1, 0.15) is 0 Å². The van der Waals surface area contributed by atoms with E-state index in [2.05, 4.69) is 4.99 Å². The molecular formula is C10H10N2O3. The van der Waals surface area contributed by atoms with Gasteiger partial charge in [-0.3, -0.25) is 10.1 Å². The molecule has 5 nitrogen and oxygen atoms in total. The molecule has 0 atom stereocenters. The van der Waals surface area contributed by atoms with Crippen LogP contribution in [0.1, 0.15) is 19.4 Å². The molecular weight excluding hydrogens is 196 g/mol. The molecule has 0 aromatic heterocycles. The molecule has 0 radical (unpaired) electrons. The van der Waals surface area contributed by atoms with Crippen molar-refractivity contribution in [3.8, 4) is 0 Å². The number of carbonyl (C=O) groups excluding carboxylic acids is 1. The van der Waals surface area contributed by atoms with Crippen molar-refractivity contribution in [2.24, 2.45) is 4.99 Å². The first-order chi connectivity index (χ1) is 6.97. The lowest BCUT2D eigenvalue weighted by atomic mass is 9.95. The summed E-state index contributed by atoms with van der Waals surface area (Å²) in [4.78, 5) is 23.7. The van der Waals surface area contributed by atoms with Crippen LogP contribution in [0.2, 0.25) is 0 Å². The number of hydrogen-bond acceptors (Lipinski definition) is 4. The molecule has 0 bridgehead atoms. The van der Waals surface area contributed by atoms with Gasteiger partial charge >= 0.3 is 0 Å². The summed E-state index contributed by atoms with van der Waals surface area (Å²) in [5, 5.41) is 10.4. The third kappa shape index (κ3) is 2.48. The highest BCUT2D eigenvalue weighted by atomic mass is 16.6. The van der Waals surface area contributed by atoms with Crippen LogP contribution in [0.15, 0.2) is 29.3 Å². The van der Waals surface area contributed by atoms with Crippen LogP contribution in [0.4, 0.5) is 5.69 Å². The van der Waals surface area contributed by atoms with E-state index in [0.29, 0.717) is 0 Å². The summed E-state index contributed by atoms with van der Waals surface area (Å²) in [6.07, 6.45) is 1.48. The van der Waals surface area contributed by atoms with Crippen molar-refractivity contribution in [2.45, 2.75) is 19.4 Å². The maximum Gasteiger partial charge on any atom is 0.269 e. The number of aliphatic imine (C=N–C) groups is 1. The molecule has 0 amide bonds. The van der Waals surface area contributed by atoms with Gasteiger partial charge in [0.25, 0.3) is 5.69 Å². The van der Waals surface area contributed by atoms with Crippen LogP contribution in [-0.2, 0) is 10.3 Å². The molecule has 0 fully saturated rings. The Labute approximate surface area is 86.6 Å². The number of nitrogens with zero attached hydrogens (tertiary/aromatic N) is 2. The smallest absolute Gasteiger partial charge is 0.258 e. The lowest BCUT2D eigenvalue weighted by Gasteiger charge is -2.17. The fraction of sp³-hybridized carbons (Fsp3) is 0.300. The maximum atomic E-state index is 10.4. The van der Waals surface area contributed by atoms with Crippen molar-refractivity contribution in [1.82, 2.24) is 0 Å². The average Bonchev–Trinajstić information content (AvgIpc) is 2.18. The van der Waals surface area contributed by atoms with E-state index in [9.17, 15) is 14.9 Å². The monoisotopic (exact) mass is 206 g/mol. The molecule has 0 saturated heterocycles. The van der Waals surface area contributed by atoms with E-state index < -0.39 is 10.5 Å². The topological polar surface area (TPSA) is 72.6 Å². The highest BCUT2D eigenvalue weighted by Crippen LogP contribution is 2.25. The fourth-order valence-electron chi connectivity index (χ4n) is 1.17. The van der Waals surface area contributed by atoms with E-state index in [1.54, 1.807) is 26.0 Å². The first-order valence-electron chi connectivity index (χ1n) is 4.31. The normalized spacial score (nSPS) is 10.5. The summed E-state index contributed by atoms with van der Waals surface area (Å²) in [6, 6.07) is 5.94. The van der Waals surface area contributed by atoms with Gasteiger partial charge in [0.15, 0.2) is 0 Å². The highest BCUT2D eigenvalue weighted by molar-refractivity contribution is 5.40. The van der Waals surface area contributed by atoms with Crippen molar-refractivity contribution in [1.29, 1.82) is 0 Å². The predicted octanol–water partition coefficient (Wildman–Crippen LogP) is 2.17. The van der Waals surface area contributed by atoms with E-state index in [1.807, 2.05) is 0 Å². The zero-order valence-electron chi connectivity index (χ0n) is 8.43. The molecule has 1 rings (SSSR count). The molecule has 0 spiro atoms. The standard InChI is InChI=1S/C10H10N2O3/c1-10(2,11-7-13)8-3-5-9(6-4-8)12(14)15/h3-6H,1-2H3. The number of nitro benzene ring substituents is 1. The zero-order valence-corrected chi connectivity index (χ0v) is 8.43. The van der Waals surface area contributed by atoms with Gasteiger partial charge in [-0.15, -0.1) is 0 Å². The lowest BCUT2D eigenvalue weighted by Crippen LogP contribution is -2.13. The Kier molecular flexibility index (Phi) is 2.97. The predicted molar refractivity (Wildman–Crippen MR) is 54.2 cm³/mol. The highest BCUT2D eigenvalue weighted by Gasteiger charge is 2.19. The number of isocyanates is 1. The summed E-state index contributed by atoms with van der Waals surface area (Å²) in [5.41, 5.74) is 0.0535. The van der Waals surface area contributed by atoms with E-state index in [1.165, 1.54) is 18.2 Å². The molecule has 5 heteroatoms. The van der Waals surface area contributed by atoms with Crippen LogP contribution in [-0.4, -0.2) is 11.0 Å². The Hall–Kier alpha value is -2.00. The number of benzene rings is 1. The van der Waals surface area contributed by atoms with E-state index in [4.69, 9.17) is 0 Å². The molecule has 0 aliphatic rings. The second-order valence-corrected chi connectivity index (χ2v) is 3.57.